The van der Waals surface area contributed by atoms with Gasteiger partial charge in [-0.1, -0.05) is 27.2 Å². The van der Waals surface area contributed by atoms with Gasteiger partial charge in [0.1, 0.15) is 5.75 Å². The van der Waals surface area contributed by atoms with Crippen LogP contribution in [0.5, 0.6) is 0 Å². The van der Waals surface area contributed by atoms with E-state index >= 15 is 0 Å². The van der Waals surface area contributed by atoms with Crippen LogP contribution in [-0.4, -0.2) is 45.1 Å². The third-order valence-electron chi connectivity index (χ3n) is 3.12. The van der Waals surface area contributed by atoms with Gasteiger partial charge in [0.25, 0.3) is 0 Å². The molecule has 0 bridgehead atoms. The molecule has 0 spiro atoms. The van der Waals surface area contributed by atoms with E-state index in [0.29, 0.717) is 6.42 Å². The van der Waals surface area contributed by atoms with Gasteiger partial charge in [0.15, 0.2) is 9.84 Å². The molecule has 0 aliphatic rings. The van der Waals surface area contributed by atoms with Crippen LogP contribution < -0.4 is 5.32 Å². The van der Waals surface area contributed by atoms with Crippen LogP contribution in [0, 0.1) is 0 Å². The van der Waals surface area contributed by atoms with Crippen molar-refractivity contribution in [3.63, 3.8) is 0 Å². The normalized spacial score (nSPS) is 14.9. The Morgan fingerprint density at radius 3 is 2.26 bits per heavy atom. The Balaban J connectivity index is 4.95. The molecule has 19 heavy (non-hydrogen) atoms. The molecule has 114 valence electrons. The lowest BCUT2D eigenvalue weighted by atomic mass is 10.1. The summed E-state index contributed by atoms with van der Waals surface area (Å²) in [5, 5.41) is 2.76. The molecule has 0 radical (unpaired) electrons. The Kier molecular flexibility index (Phi) is 9.01. The van der Waals surface area contributed by atoms with Gasteiger partial charge in [0.05, 0.1) is 12.4 Å². The van der Waals surface area contributed by atoms with Crippen molar-refractivity contribution >= 4 is 15.8 Å². The first-order chi connectivity index (χ1) is 8.92. The molecule has 0 aliphatic heterocycles. The molecular weight excluding hydrogens is 266 g/mol. The number of ether oxygens (including phenoxy) is 1. The summed E-state index contributed by atoms with van der Waals surface area (Å²) in [7, 11) is -2.27. The van der Waals surface area contributed by atoms with E-state index in [0.717, 1.165) is 25.8 Å². The zero-order chi connectivity index (χ0) is 14.9. The van der Waals surface area contributed by atoms with Crippen LogP contribution in [0.3, 0.4) is 0 Å². The Hall–Kier alpha value is -0.620. The standard InChI is InChI=1S/C13H27NO4S/c1-5-8-11(14-9-6-2)12(7-3)19(16,17)10-13(15)18-4/h11-12,14H,5-10H2,1-4H3. The number of hydrogen-bond donors (Lipinski definition) is 1. The predicted octanol–water partition coefficient (Wildman–Crippen LogP) is 1.52. The second kappa shape index (κ2) is 9.31. The number of carbonyl (C=O) groups excluding carboxylic acids is 1. The van der Waals surface area contributed by atoms with Gasteiger partial charge in [0, 0.05) is 6.04 Å². The summed E-state index contributed by atoms with van der Waals surface area (Å²) in [5.41, 5.74) is 0. The number of methoxy groups -OCH3 is 1. The largest absolute Gasteiger partial charge is 0.468 e. The highest BCUT2D eigenvalue weighted by Crippen LogP contribution is 2.16. The monoisotopic (exact) mass is 293 g/mol. The van der Waals surface area contributed by atoms with Crippen molar-refractivity contribution in [1.82, 2.24) is 5.32 Å². The fourth-order valence-corrected chi connectivity index (χ4v) is 4.08. The number of hydrogen-bond acceptors (Lipinski definition) is 5. The molecule has 0 aromatic heterocycles. The van der Waals surface area contributed by atoms with Gasteiger partial charge < -0.3 is 10.1 Å². The quantitative estimate of drug-likeness (QED) is 0.618. The minimum atomic E-state index is -3.47. The molecule has 5 nitrogen and oxygen atoms in total. The minimum absolute atomic E-state index is 0.0930. The van der Waals surface area contributed by atoms with Crippen molar-refractivity contribution in [2.24, 2.45) is 0 Å². The summed E-state index contributed by atoms with van der Waals surface area (Å²) < 4.78 is 29.0. The maximum absolute atomic E-state index is 12.3. The van der Waals surface area contributed by atoms with Gasteiger partial charge in [-0.3, -0.25) is 4.79 Å². The molecule has 0 saturated carbocycles. The summed E-state index contributed by atoms with van der Waals surface area (Å²) >= 11 is 0. The van der Waals surface area contributed by atoms with E-state index in [9.17, 15) is 13.2 Å². The fraction of sp³-hybridized carbons (Fsp3) is 0.923. The summed E-state index contributed by atoms with van der Waals surface area (Å²) in [6, 6.07) is -0.0930. The average molecular weight is 293 g/mol. The molecule has 0 aromatic rings. The van der Waals surface area contributed by atoms with Crippen molar-refractivity contribution in [3.8, 4) is 0 Å². The molecule has 6 heteroatoms. The third-order valence-corrected chi connectivity index (χ3v) is 5.34. The molecule has 2 atom stereocenters. The highest BCUT2D eigenvalue weighted by molar-refractivity contribution is 7.92. The van der Waals surface area contributed by atoms with E-state index in [2.05, 4.69) is 10.1 Å². The van der Waals surface area contributed by atoms with Crippen LogP contribution >= 0.6 is 0 Å². The molecule has 0 rings (SSSR count). The zero-order valence-electron chi connectivity index (χ0n) is 12.4. The van der Waals surface area contributed by atoms with Gasteiger partial charge in [-0.15, -0.1) is 0 Å². The van der Waals surface area contributed by atoms with Gasteiger partial charge >= 0.3 is 5.97 Å². The number of carbonyl (C=O) groups is 1. The van der Waals surface area contributed by atoms with E-state index in [1.807, 2.05) is 20.8 Å². The van der Waals surface area contributed by atoms with Gasteiger partial charge in [-0.25, -0.2) is 8.42 Å². The zero-order valence-corrected chi connectivity index (χ0v) is 13.3. The Bertz CT molecular complexity index is 354. The molecule has 1 N–H and O–H groups in total. The van der Waals surface area contributed by atoms with Crippen LogP contribution in [0.15, 0.2) is 0 Å². The van der Waals surface area contributed by atoms with Gasteiger partial charge in [0.2, 0.25) is 0 Å². The Morgan fingerprint density at radius 1 is 1.21 bits per heavy atom. The summed E-state index contributed by atoms with van der Waals surface area (Å²) in [4.78, 5) is 11.2. The van der Waals surface area contributed by atoms with Crippen molar-refractivity contribution in [2.75, 3.05) is 19.4 Å². The smallest absolute Gasteiger partial charge is 0.320 e. The van der Waals surface area contributed by atoms with Crippen LogP contribution in [0.1, 0.15) is 46.5 Å². The number of sulfone groups is 1. The molecule has 0 saturated heterocycles. The van der Waals surface area contributed by atoms with Crippen LogP contribution in [0.25, 0.3) is 0 Å². The summed E-state index contributed by atoms with van der Waals surface area (Å²) in [5.74, 6) is -1.22. The van der Waals surface area contributed by atoms with Crippen molar-refractivity contribution in [1.29, 1.82) is 0 Å². The molecule has 0 aliphatic carbocycles. The lowest BCUT2D eigenvalue weighted by molar-refractivity contribution is -0.137. The predicted molar refractivity (Wildman–Crippen MR) is 76.9 cm³/mol. The maximum atomic E-state index is 12.3. The number of rotatable bonds is 10. The lowest BCUT2D eigenvalue weighted by Crippen LogP contribution is -2.46. The minimum Gasteiger partial charge on any atom is -0.468 e. The second-order valence-electron chi connectivity index (χ2n) is 4.68. The van der Waals surface area contributed by atoms with Crippen molar-refractivity contribution < 1.29 is 17.9 Å². The number of esters is 1. The maximum Gasteiger partial charge on any atom is 0.320 e. The summed E-state index contributed by atoms with van der Waals surface area (Å²) in [6.07, 6.45) is 3.15. The van der Waals surface area contributed by atoms with E-state index < -0.39 is 26.8 Å². The first-order valence-electron chi connectivity index (χ1n) is 6.94. The number of nitrogens with one attached hydrogen (secondary N) is 1. The third kappa shape index (κ3) is 6.38. The summed E-state index contributed by atoms with van der Waals surface area (Å²) in [6.45, 7) is 6.70. The Labute approximate surface area is 117 Å². The first-order valence-corrected chi connectivity index (χ1v) is 8.66. The highest BCUT2D eigenvalue weighted by atomic mass is 32.2. The van der Waals surface area contributed by atoms with E-state index in [4.69, 9.17) is 0 Å². The van der Waals surface area contributed by atoms with Gasteiger partial charge in [-0.2, -0.15) is 0 Å². The van der Waals surface area contributed by atoms with Crippen LogP contribution in [0.2, 0.25) is 0 Å². The molecular formula is C13H27NO4S. The molecule has 2 unspecified atom stereocenters. The Morgan fingerprint density at radius 2 is 1.84 bits per heavy atom. The van der Waals surface area contributed by atoms with Crippen LogP contribution in [0.4, 0.5) is 0 Å². The fourth-order valence-electron chi connectivity index (χ4n) is 2.18. The molecule has 0 aromatic carbocycles. The first kappa shape index (κ1) is 18.4. The molecule has 0 fully saturated rings. The van der Waals surface area contributed by atoms with Crippen molar-refractivity contribution in [3.05, 3.63) is 0 Å². The molecule has 0 heterocycles. The second-order valence-corrected chi connectivity index (χ2v) is 6.90. The van der Waals surface area contributed by atoms with Gasteiger partial charge in [-0.05, 0) is 25.8 Å². The lowest BCUT2D eigenvalue weighted by Gasteiger charge is -2.26. The topological polar surface area (TPSA) is 72.5 Å². The van der Waals surface area contributed by atoms with E-state index in [1.54, 1.807) is 0 Å². The highest BCUT2D eigenvalue weighted by Gasteiger charge is 2.33. The van der Waals surface area contributed by atoms with Crippen molar-refractivity contribution in [2.45, 2.75) is 57.7 Å². The average Bonchev–Trinajstić information content (AvgIpc) is 2.35. The molecule has 0 amide bonds. The SMILES string of the molecule is CCCNC(CCC)C(CC)S(=O)(=O)CC(=O)OC. The van der Waals surface area contributed by atoms with Crippen LogP contribution in [-0.2, 0) is 19.4 Å². The van der Waals surface area contributed by atoms with E-state index in [1.165, 1.54) is 7.11 Å². The van der Waals surface area contributed by atoms with E-state index in [-0.39, 0.29) is 6.04 Å².